The van der Waals surface area contributed by atoms with Gasteiger partial charge < -0.3 is 10.2 Å². The fraction of sp³-hybridized carbons (Fsp3) is 0.316. The molecule has 0 aliphatic carbocycles. The lowest BCUT2D eigenvalue weighted by Gasteiger charge is -2.22. The van der Waals surface area contributed by atoms with Crippen LogP contribution in [0.15, 0.2) is 48.5 Å². The molecular formula is C19H24N2O. The molecule has 0 radical (unpaired) electrons. The van der Waals surface area contributed by atoms with Gasteiger partial charge in [0.15, 0.2) is 0 Å². The average molecular weight is 296 g/mol. The molecule has 0 unspecified atom stereocenters. The van der Waals surface area contributed by atoms with Crippen molar-refractivity contribution in [1.29, 1.82) is 0 Å². The van der Waals surface area contributed by atoms with E-state index in [9.17, 15) is 4.79 Å². The van der Waals surface area contributed by atoms with Crippen LogP contribution in [0.3, 0.4) is 0 Å². The molecule has 2 rings (SSSR count). The Bertz CT molecular complexity index is 623. The lowest BCUT2D eigenvalue weighted by Crippen LogP contribution is -2.27. The van der Waals surface area contributed by atoms with E-state index in [4.69, 9.17) is 0 Å². The molecule has 0 heterocycles. The maximum atomic E-state index is 12.1. The molecule has 2 aromatic rings. The van der Waals surface area contributed by atoms with Crippen molar-refractivity contribution in [2.75, 3.05) is 23.3 Å². The number of hydrogen-bond donors (Lipinski definition) is 1. The number of nitrogens with zero attached hydrogens (tertiary/aromatic N) is 1. The van der Waals surface area contributed by atoms with Crippen molar-refractivity contribution in [3.05, 3.63) is 59.7 Å². The van der Waals surface area contributed by atoms with Gasteiger partial charge in [-0.25, -0.2) is 0 Å². The molecule has 0 fully saturated rings. The average Bonchev–Trinajstić information content (AvgIpc) is 2.52. The first-order valence-electron chi connectivity index (χ1n) is 7.77. The molecule has 0 saturated carbocycles. The minimum absolute atomic E-state index is 0.0534. The Morgan fingerprint density at radius 1 is 1.05 bits per heavy atom. The molecule has 0 aliphatic rings. The number of carbonyl (C=O) groups is 1. The molecule has 3 nitrogen and oxygen atoms in total. The summed E-state index contributed by atoms with van der Waals surface area (Å²) in [5.41, 5.74) is 4.45. The molecule has 0 aliphatic heterocycles. The first-order valence-corrected chi connectivity index (χ1v) is 7.77. The van der Waals surface area contributed by atoms with Crippen molar-refractivity contribution in [2.24, 2.45) is 0 Å². The van der Waals surface area contributed by atoms with Crippen LogP contribution in [0.2, 0.25) is 0 Å². The van der Waals surface area contributed by atoms with Crippen LogP contribution in [-0.4, -0.2) is 19.0 Å². The fourth-order valence-corrected chi connectivity index (χ4v) is 2.39. The summed E-state index contributed by atoms with van der Waals surface area (Å²) in [6, 6.07) is 16.2. The van der Waals surface area contributed by atoms with Crippen LogP contribution < -0.4 is 10.2 Å². The van der Waals surface area contributed by atoms with Gasteiger partial charge in [-0.3, -0.25) is 4.79 Å². The first-order chi connectivity index (χ1) is 10.6. The smallest absolute Gasteiger partial charge is 0.226 e. The lowest BCUT2D eigenvalue weighted by molar-refractivity contribution is -0.116. The second-order valence-electron chi connectivity index (χ2n) is 5.51. The number of para-hydroxylation sites is 1. The van der Waals surface area contributed by atoms with Gasteiger partial charge in [0.25, 0.3) is 0 Å². The van der Waals surface area contributed by atoms with Crippen LogP contribution in [0.4, 0.5) is 11.4 Å². The van der Waals surface area contributed by atoms with Crippen molar-refractivity contribution in [3.63, 3.8) is 0 Å². The summed E-state index contributed by atoms with van der Waals surface area (Å²) < 4.78 is 0. The van der Waals surface area contributed by atoms with Crippen LogP contribution in [0, 0.1) is 13.8 Å². The number of benzene rings is 2. The molecule has 2 aromatic carbocycles. The summed E-state index contributed by atoms with van der Waals surface area (Å²) in [5.74, 6) is 0.0534. The Hall–Kier alpha value is -2.29. The summed E-state index contributed by atoms with van der Waals surface area (Å²) in [7, 11) is 0. The van der Waals surface area contributed by atoms with E-state index in [1.54, 1.807) is 0 Å². The third kappa shape index (κ3) is 4.35. The highest BCUT2D eigenvalue weighted by molar-refractivity contribution is 5.91. The van der Waals surface area contributed by atoms with E-state index in [1.165, 1.54) is 11.1 Å². The molecule has 1 N–H and O–H groups in total. The number of rotatable bonds is 6. The van der Waals surface area contributed by atoms with Gasteiger partial charge in [0.1, 0.15) is 0 Å². The third-order valence-electron chi connectivity index (χ3n) is 3.90. The highest BCUT2D eigenvalue weighted by atomic mass is 16.1. The van der Waals surface area contributed by atoms with Crippen LogP contribution in [0.5, 0.6) is 0 Å². The summed E-state index contributed by atoms with van der Waals surface area (Å²) in [5, 5.41) is 2.98. The molecule has 1 amide bonds. The van der Waals surface area contributed by atoms with Gasteiger partial charge in [-0.15, -0.1) is 0 Å². The Morgan fingerprint density at radius 3 is 2.41 bits per heavy atom. The zero-order valence-electron chi connectivity index (χ0n) is 13.6. The van der Waals surface area contributed by atoms with E-state index < -0.39 is 0 Å². The summed E-state index contributed by atoms with van der Waals surface area (Å²) in [6.45, 7) is 7.84. The highest BCUT2D eigenvalue weighted by Gasteiger charge is 2.08. The SMILES string of the molecule is CCN(CCC(=O)Nc1ccc(C)c(C)c1)c1ccccc1. The molecule has 0 bridgehead atoms. The molecule has 116 valence electrons. The Balaban J connectivity index is 1.90. The molecular weight excluding hydrogens is 272 g/mol. The van der Waals surface area contributed by atoms with Crippen molar-refractivity contribution < 1.29 is 4.79 Å². The lowest BCUT2D eigenvalue weighted by atomic mass is 10.1. The highest BCUT2D eigenvalue weighted by Crippen LogP contribution is 2.15. The van der Waals surface area contributed by atoms with Crippen LogP contribution in [-0.2, 0) is 4.79 Å². The van der Waals surface area contributed by atoms with Gasteiger partial charge in [-0.2, -0.15) is 0 Å². The standard InChI is InChI=1S/C19H24N2O/c1-4-21(18-8-6-5-7-9-18)13-12-19(22)20-17-11-10-15(2)16(3)14-17/h5-11,14H,4,12-13H2,1-3H3,(H,20,22). The van der Waals surface area contributed by atoms with Crippen molar-refractivity contribution in [1.82, 2.24) is 0 Å². The number of aryl methyl sites for hydroxylation is 2. The molecule has 22 heavy (non-hydrogen) atoms. The number of anilines is 2. The molecule has 0 aromatic heterocycles. The van der Waals surface area contributed by atoms with E-state index >= 15 is 0 Å². The normalized spacial score (nSPS) is 10.3. The fourth-order valence-electron chi connectivity index (χ4n) is 2.39. The van der Waals surface area contributed by atoms with Gasteiger partial charge in [0.2, 0.25) is 5.91 Å². The maximum absolute atomic E-state index is 12.1. The van der Waals surface area contributed by atoms with E-state index in [0.717, 1.165) is 24.5 Å². The van der Waals surface area contributed by atoms with Crippen molar-refractivity contribution >= 4 is 17.3 Å². The minimum atomic E-state index is 0.0534. The van der Waals surface area contributed by atoms with Crippen molar-refractivity contribution in [2.45, 2.75) is 27.2 Å². The Labute approximate surface area is 133 Å². The topological polar surface area (TPSA) is 32.3 Å². The summed E-state index contributed by atoms with van der Waals surface area (Å²) in [4.78, 5) is 14.3. The van der Waals surface area contributed by atoms with Crippen molar-refractivity contribution in [3.8, 4) is 0 Å². The second-order valence-corrected chi connectivity index (χ2v) is 5.51. The maximum Gasteiger partial charge on any atom is 0.226 e. The van der Waals surface area contributed by atoms with E-state index in [2.05, 4.69) is 43.1 Å². The van der Waals surface area contributed by atoms with Crippen LogP contribution >= 0.6 is 0 Å². The summed E-state index contributed by atoms with van der Waals surface area (Å²) in [6.07, 6.45) is 0.482. The second kappa shape index (κ2) is 7.64. The molecule has 3 heteroatoms. The van der Waals surface area contributed by atoms with Gasteiger partial charge in [0.05, 0.1) is 0 Å². The number of hydrogen-bond acceptors (Lipinski definition) is 2. The van der Waals surface area contributed by atoms with Crippen LogP contribution in [0.25, 0.3) is 0 Å². The van der Waals surface area contributed by atoms with E-state index in [-0.39, 0.29) is 5.91 Å². The number of amides is 1. The molecule has 0 atom stereocenters. The predicted molar refractivity (Wildman–Crippen MR) is 93.5 cm³/mol. The van der Waals surface area contributed by atoms with Crippen LogP contribution in [0.1, 0.15) is 24.5 Å². The molecule has 0 spiro atoms. The quantitative estimate of drug-likeness (QED) is 0.868. The van der Waals surface area contributed by atoms with Gasteiger partial charge in [-0.1, -0.05) is 24.3 Å². The number of nitrogens with one attached hydrogen (secondary N) is 1. The Morgan fingerprint density at radius 2 is 1.77 bits per heavy atom. The minimum Gasteiger partial charge on any atom is -0.371 e. The number of carbonyl (C=O) groups excluding carboxylic acids is 1. The monoisotopic (exact) mass is 296 g/mol. The largest absolute Gasteiger partial charge is 0.371 e. The zero-order valence-corrected chi connectivity index (χ0v) is 13.6. The first kappa shape index (κ1) is 16.1. The van der Waals surface area contributed by atoms with Gasteiger partial charge >= 0.3 is 0 Å². The van der Waals surface area contributed by atoms with E-state index in [1.807, 2.05) is 36.4 Å². The molecule has 0 saturated heterocycles. The van der Waals surface area contributed by atoms with Gasteiger partial charge in [-0.05, 0) is 56.2 Å². The van der Waals surface area contributed by atoms with Gasteiger partial charge in [0, 0.05) is 30.9 Å². The Kier molecular flexibility index (Phi) is 5.59. The van der Waals surface area contributed by atoms with E-state index in [0.29, 0.717) is 6.42 Å². The summed E-state index contributed by atoms with van der Waals surface area (Å²) >= 11 is 0. The predicted octanol–water partition coefficient (Wildman–Crippen LogP) is 4.16. The third-order valence-corrected chi connectivity index (χ3v) is 3.90. The zero-order chi connectivity index (χ0) is 15.9.